The van der Waals surface area contributed by atoms with Gasteiger partial charge in [0.1, 0.15) is 12.1 Å². The Labute approximate surface area is 129 Å². The highest BCUT2D eigenvalue weighted by Crippen LogP contribution is 2.33. The molecule has 0 aromatic heterocycles. The van der Waals surface area contributed by atoms with Crippen LogP contribution in [-0.4, -0.2) is 54.1 Å². The van der Waals surface area contributed by atoms with Crippen LogP contribution < -0.4 is 10.6 Å². The summed E-state index contributed by atoms with van der Waals surface area (Å²) in [5, 5.41) is 5.55. The molecule has 1 spiro atoms. The Balaban J connectivity index is 1.54. The van der Waals surface area contributed by atoms with Crippen LogP contribution in [0.4, 0.5) is 4.79 Å². The number of ether oxygens (including phenoxy) is 1. The fraction of sp³-hybridized carbons (Fsp3) is 0.800. The van der Waals surface area contributed by atoms with Crippen LogP contribution in [0.5, 0.6) is 0 Å². The van der Waals surface area contributed by atoms with E-state index >= 15 is 0 Å². The molecule has 1 aliphatic carbocycles. The third-order valence-electron chi connectivity index (χ3n) is 4.81. The van der Waals surface area contributed by atoms with Gasteiger partial charge in [-0.1, -0.05) is 19.3 Å². The van der Waals surface area contributed by atoms with E-state index in [1.165, 1.54) is 0 Å². The molecular formula is C15H23N3O4. The van der Waals surface area contributed by atoms with Crippen molar-refractivity contribution in [2.75, 3.05) is 19.7 Å². The molecule has 2 N–H and O–H groups in total. The summed E-state index contributed by atoms with van der Waals surface area (Å²) in [6.45, 7) is 0.961. The molecule has 1 saturated carbocycles. The van der Waals surface area contributed by atoms with Gasteiger partial charge in [0.05, 0.1) is 6.10 Å². The first-order valence-electron chi connectivity index (χ1n) is 8.13. The molecule has 3 rings (SSSR count). The second kappa shape index (κ2) is 6.24. The minimum atomic E-state index is -0.760. The van der Waals surface area contributed by atoms with Gasteiger partial charge < -0.3 is 15.4 Å². The zero-order valence-corrected chi connectivity index (χ0v) is 12.7. The minimum Gasteiger partial charge on any atom is -0.376 e. The smallest absolute Gasteiger partial charge is 0.325 e. The molecule has 1 atom stereocenters. The van der Waals surface area contributed by atoms with Crippen LogP contribution in [0.2, 0.25) is 0 Å². The first-order chi connectivity index (χ1) is 10.6. The molecule has 1 unspecified atom stereocenters. The number of hydrogen-bond acceptors (Lipinski definition) is 4. The maximum Gasteiger partial charge on any atom is 0.325 e. The normalized spacial score (nSPS) is 27.3. The molecule has 0 bridgehead atoms. The number of imide groups is 1. The van der Waals surface area contributed by atoms with E-state index in [0.29, 0.717) is 19.4 Å². The Morgan fingerprint density at radius 1 is 1.27 bits per heavy atom. The van der Waals surface area contributed by atoms with Crippen molar-refractivity contribution in [1.29, 1.82) is 0 Å². The third-order valence-corrected chi connectivity index (χ3v) is 4.81. The topological polar surface area (TPSA) is 87.7 Å². The molecule has 22 heavy (non-hydrogen) atoms. The lowest BCUT2D eigenvalue weighted by molar-refractivity contribution is -0.135. The summed E-state index contributed by atoms with van der Waals surface area (Å²) in [5.41, 5.74) is -0.760. The Morgan fingerprint density at radius 3 is 2.73 bits per heavy atom. The Hall–Kier alpha value is -1.63. The van der Waals surface area contributed by atoms with Gasteiger partial charge in [-0.3, -0.25) is 14.5 Å². The summed E-state index contributed by atoms with van der Waals surface area (Å²) in [7, 11) is 0. The molecular weight excluding hydrogens is 286 g/mol. The van der Waals surface area contributed by atoms with Gasteiger partial charge in [0, 0.05) is 13.2 Å². The van der Waals surface area contributed by atoms with Crippen LogP contribution in [0.25, 0.3) is 0 Å². The fourth-order valence-electron chi connectivity index (χ4n) is 3.55. The van der Waals surface area contributed by atoms with Crippen LogP contribution in [0.1, 0.15) is 44.9 Å². The monoisotopic (exact) mass is 309 g/mol. The van der Waals surface area contributed by atoms with Crippen molar-refractivity contribution in [2.24, 2.45) is 0 Å². The van der Waals surface area contributed by atoms with Gasteiger partial charge in [0.2, 0.25) is 5.91 Å². The van der Waals surface area contributed by atoms with Gasteiger partial charge in [-0.05, 0) is 25.7 Å². The number of amides is 4. The summed E-state index contributed by atoms with van der Waals surface area (Å²) >= 11 is 0. The second-order valence-electron chi connectivity index (χ2n) is 6.40. The van der Waals surface area contributed by atoms with Gasteiger partial charge in [-0.2, -0.15) is 0 Å². The molecule has 4 amide bonds. The van der Waals surface area contributed by atoms with E-state index in [-0.39, 0.29) is 24.5 Å². The second-order valence-corrected chi connectivity index (χ2v) is 6.40. The van der Waals surface area contributed by atoms with Gasteiger partial charge in [0.25, 0.3) is 5.91 Å². The highest BCUT2D eigenvalue weighted by Gasteiger charge is 2.51. The van der Waals surface area contributed by atoms with Crippen molar-refractivity contribution in [1.82, 2.24) is 15.5 Å². The molecule has 0 aromatic rings. The van der Waals surface area contributed by atoms with E-state index in [1.54, 1.807) is 0 Å². The maximum absolute atomic E-state index is 12.5. The van der Waals surface area contributed by atoms with Crippen LogP contribution >= 0.6 is 0 Å². The summed E-state index contributed by atoms with van der Waals surface area (Å²) in [5.74, 6) is -0.559. The Morgan fingerprint density at radius 2 is 2.05 bits per heavy atom. The predicted octanol–water partition coefficient (Wildman–Crippen LogP) is 0.536. The number of carbonyl (C=O) groups excluding carboxylic acids is 3. The maximum atomic E-state index is 12.5. The van der Waals surface area contributed by atoms with E-state index < -0.39 is 11.6 Å². The Kier molecular flexibility index (Phi) is 4.33. The van der Waals surface area contributed by atoms with Crippen LogP contribution in [0.15, 0.2) is 0 Å². The first-order valence-corrected chi connectivity index (χ1v) is 8.13. The van der Waals surface area contributed by atoms with E-state index in [2.05, 4.69) is 10.6 Å². The van der Waals surface area contributed by atoms with Crippen LogP contribution in [0, 0.1) is 0 Å². The van der Waals surface area contributed by atoms with Crippen molar-refractivity contribution in [3.63, 3.8) is 0 Å². The molecule has 122 valence electrons. The number of nitrogens with zero attached hydrogens (tertiary/aromatic N) is 1. The number of rotatable bonds is 4. The van der Waals surface area contributed by atoms with E-state index in [4.69, 9.17) is 4.74 Å². The van der Waals surface area contributed by atoms with Crippen molar-refractivity contribution in [3.05, 3.63) is 0 Å². The lowest BCUT2D eigenvalue weighted by atomic mass is 9.82. The molecule has 7 nitrogen and oxygen atoms in total. The summed E-state index contributed by atoms with van der Waals surface area (Å²) in [4.78, 5) is 37.6. The quantitative estimate of drug-likeness (QED) is 0.742. The van der Waals surface area contributed by atoms with Gasteiger partial charge >= 0.3 is 6.03 Å². The lowest BCUT2D eigenvalue weighted by Gasteiger charge is -2.30. The zero-order valence-electron chi connectivity index (χ0n) is 12.7. The van der Waals surface area contributed by atoms with Crippen molar-refractivity contribution >= 4 is 17.8 Å². The molecule has 3 aliphatic rings. The zero-order chi connectivity index (χ0) is 15.6. The van der Waals surface area contributed by atoms with Crippen molar-refractivity contribution in [2.45, 2.75) is 56.6 Å². The summed E-state index contributed by atoms with van der Waals surface area (Å²) < 4.78 is 5.43. The standard InChI is InChI=1S/C15H23N3O4/c19-12(16-9-11-5-4-8-22-11)10-18-13(20)15(17-14(18)21)6-2-1-3-7-15/h11H,1-10H2,(H,16,19)(H,17,21). The number of nitrogens with one attached hydrogen (secondary N) is 2. The molecule has 0 radical (unpaired) electrons. The number of hydrogen-bond donors (Lipinski definition) is 2. The molecule has 2 heterocycles. The Bertz CT molecular complexity index is 467. The van der Waals surface area contributed by atoms with Crippen molar-refractivity contribution < 1.29 is 19.1 Å². The average Bonchev–Trinajstić information content (AvgIpc) is 3.10. The highest BCUT2D eigenvalue weighted by atomic mass is 16.5. The summed E-state index contributed by atoms with van der Waals surface area (Å²) in [6.07, 6.45) is 6.31. The third kappa shape index (κ3) is 2.95. The number of urea groups is 1. The predicted molar refractivity (Wildman–Crippen MR) is 78.0 cm³/mol. The highest BCUT2D eigenvalue weighted by molar-refractivity contribution is 6.09. The van der Waals surface area contributed by atoms with E-state index in [0.717, 1.165) is 43.6 Å². The van der Waals surface area contributed by atoms with Gasteiger partial charge in [0.15, 0.2) is 0 Å². The lowest BCUT2D eigenvalue weighted by Crippen LogP contribution is -2.49. The molecule has 2 saturated heterocycles. The molecule has 2 aliphatic heterocycles. The molecule has 3 fully saturated rings. The van der Waals surface area contributed by atoms with E-state index in [9.17, 15) is 14.4 Å². The number of carbonyl (C=O) groups is 3. The molecule has 0 aromatic carbocycles. The SMILES string of the molecule is O=C(CN1C(=O)NC2(CCCCC2)C1=O)NCC1CCCO1. The van der Waals surface area contributed by atoms with Crippen LogP contribution in [0.3, 0.4) is 0 Å². The fourth-order valence-corrected chi connectivity index (χ4v) is 3.55. The van der Waals surface area contributed by atoms with Crippen molar-refractivity contribution in [3.8, 4) is 0 Å². The van der Waals surface area contributed by atoms with Crippen LogP contribution in [-0.2, 0) is 14.3 Å². The first kappa shape index (κ1) is 15.3. The summed E-state index contributed by atoms with van der Waals surface area (Å²) in [6, 6.07) is -0.445. The molecule has 7 heteroatoms. The van der Waals surface area contributed by atoms with Gasteiger partial charge in [-0.25, -0.2) is 4.79 Å². The van der Waals surface area contributed by atoms with E-state index in [1.807, 2.05) is 0 Å². The minimum absolute atomic E-state index is 0.0525. The van der Waals surface area contributed by atoms with Gasteiger partial charge in [-0.15, -0.1) is 0 Å². The largest absolute Gasteiger partial charge is 0.376 e. The average molecular weight is 309 g/mol.